The van der Waals surface area contributed by atoms with Gasteiger partial charge in [-0.05, 0) is 36.4 Å². The van der Waals surface area contributed by atoms with E-state index in [0.717, 1.165) is 16.6 Å². The van der Waals surface area contributed by atoms with Gasteiger partial charge in [0.2, 0.25) is 5.82 Å². The summed E-state index contributed by atoms with van der Waals surface area (Å²) in [5.74, 6) is 0.413. The fourth-order valence-corrected chi connectivity index (χ4v) is 2.34. The average molecular weight is 294 g/mol. The maximum absolute atomic E-state index is 13.3. The summed E-state index contributed by atoms with van der Waals surface area (Å²) >= 11 is 0. The van der Waals surface area contributed by atoms with Crippen LogP contribution in [0.1, 0.15) is 0 Å². The van der Waals surface area contributed by atoms with E-state index in [9.17, 15) is 4.39 Å². The van der Waals surface area contributed by atoms with E-state index in [2.05, 4.69) is 15.1 Å². The van der Waals surface area contributed by atoms with Crippen LogP contribution in [0.4, 0.5) is 4.39 Å². The molecule has 2 aromatic heterocycles. The van der Waals surface area contributed by atoms with Crippen LogP contribution in [0.25, 0.3) is 33.9 Å². The number of aromatic nitrogens is 4. The van der Waals surface area contributed by atoms with Crippen molar-refractivity contribution in [2.45, 2.75) is 0 Å². The summed E-state index contributed by atoms with van der Waals surface area (Å²) in [6.07, 6.45) is 1.75. The molecule has 4 aromatic rings. The first-order valence-electron chi connectivity index (χ1n) is 6.72. The number of hydrogen-bond acceptors (Lipinski definition) is 4. The van der Waals surface area contributed by atoms with Crippen LogP contribution in [0.15, 0.2) is 53.3 Å². The molecule has 0 radical (unpaired) electrons. The zero-order valence-corrected chi connectivity index (χ0v) is 11.7. The van der Waals surface area contributed by atoms with Crippen molar-refractivity contribution in [3.8, 4) is 22.8 Å². The van der Waals surface area contributed by atoms with Gasteiger partial charge in [0.25, 0.3) is 5.89 Å². The fraction of sp³-hybridized carbons (Fsp3) is 0.0625. The molecule has 0 saturated heterocycles. The number of imidazole rings is 1. The van der Waals surface area contributed by atoms with Crippen molar-refractivity contribution in [3.63, 3.8) is 0 Å². The van der Waals surface area contributed by atoms with Gasteiger partial charge in [-0.1, -0.05) is 11.2 Å². The molecule has 0 atom stereocenters. The van der Waals surface area contributed by atoms with Crippen LogP contribution in [-0.2, 0) is 7.05 Å². The normalized spacial score (nSPS) is 11.2. The third kappa shape index (κ3) is 2.05. The van der Waals surface area contributed by atoms with Crippen molar-refractivity contribution in [2.24, 2.45) is 7.05 Å². The molecule has 0 N–H and O–H groups in total. The van der Waals surface area contributed by atoms with Crippen molar-refractivity contribution in [3.05, 3.63) is 54.6 Å². The highest BCUT2D eigenvalue weighted by molar-refractivity contribution is 5.80. The second-order valence-corrected chi connectivity index (χ2v) is 4.99. The Balaban J connectivity index is 1.77. The number of nitrogens with zero attached hydrogens (tertiary/aromatic N) is 4. The summed E-state index contributed by atoms with van der Waals surface area (Å²) in [6.45, 7) is 0. The zero-order chi connectivity index (χ0) is 15.1. The van der Waals surface area contributed by atoms with Crippen molar-refractivity contribution in [2.75, 3.05) is 0 Å². The first-order valence-corrected chi connectivity index (χ1v) is 6.72. The molecule has 0 aliphatic carbocycles. The summed E-state index contributed by atoms with van der Waals surface area (Å²) in [4.78, 5) is 8.61. The van der Waals surface area contributed by atoms with Crippen molar-refractivity contribution < 1.29 is 8.91 Å². The lowest BCUT2D eigenvalue weighted by atomic mass is 10.2. The summed E-state index contributed by atoms with van der Waals surface area (Å²) in [5.41, 5.74) is 3.26. The van der Waals surface area contributed by atoms with Gasteiger partial charge in [0.15, 0.2) is 0 Å². The van der Waals surface area contributed by atoms with Crippen molar-refractivity contribution in [1.29, 1.82) is 0 Å². The molecule has 6 heteroatoms. The molecule has 2 aromatic carbocycles. The molecule has 0 saturated carbocycles. The molecule has 0 amide bonds. The lowest BCUT2D eigenvalue weighted by Gasteiger charge is -1.97. The Hall–Kier alpha value is -3.02. The molecule has 5 nitrogen and oxygen atoms in total. The Labute approximate surface area is 125 Å². The van der Waals surface area contributed by atoms with Crippen molar-refractivity contribution in [1.82, 2.24) is 19.7 Å². The van der Waals surface area contributed by atoms with Gasteiger partial charge in [0.05, 0.1) is 17.4 Å². The number of fused-ring (bicyclic) bond motifs is 1. The molecular formula is C16H11FN4O. The molecule has 4 rings (SSSR count). The Bertz CT molecular complexity index is 973. The third-order valence-corrected chi connectivity index (χ3v) is 3.48. The van der Waals surface area contributed by atoms with Gasteiger partial charge in [-0.25, -0.2) is 9.37 Å². The highest BCUT2D eigenvalue weighted by Crippen LogP contribution is 2.25. The fourth-order valence-electron chi connectivity index (χ4n) is 2.34. The van der Waals surface area contributed by atoms with Crippen LogP contribution in [0.3, 0.4) is 0 Å². The summed E-state index contributed by atoms with van der Waals surface area (Å²) in [5, 5.41) is 3.98. The number of benzene rings is 2. The standard InChI is InChI=1S/C16H11FN4O/c1-21-9-18-13-6-5-10(8-14(13)21)15-19-16(22-20-15)11-3-2-4-12(17)7-11/h2-9H,1H3. The van der Waals surface area contributed by atoms with Crippen LogP contribution < -0.4 is 0 Å². The van der Waals surface area contributed by atoms with E-state index in [0.29, 0.717) is 17.3 Å². The number of aryl methyl sites for hydroxylation is 1. The largest absolute Gasteiger partial charge is 0.334 e. The average Bonchev–Trinajstić information content (AvgIpc) is 3.15. The van der Waals surface area contributed by atoms with E-state index in [1.54, 1.807) is 18.5 Å². The van der Waals surface area contributed by atoms with Gasteiger partial charge in [-0.2, -0.15) is 4.98 Å². The lowest BCUT2D eigenvalue weighted by Crippen LogP contribution is -1.86. The quantitative estimate of drug-likeness (QED) is 0.568. The number of rotatable bonds is 2. The minimum atomic E-state index is -0.339. The van der Waals surface area contributed by atoms with Gasteiger partial charge in [-0.15, -0.1) is 0 Å². The highest BCUT2D eigenvalue weighted by atomic mass is 19.1. The van der Waals surface area contributed by atoms with Crippen molar-refractivity contribution >= 4 is 11.0 Å². The first kappa shape index (κ1) is 12.7. The maximum Gasteiger partial charge on any atom is 0.258 e. The number of hydrogen-bond donors (Lipinski definition) is 0. The van der Waals surface area contributed by atoms with Crippen LogP contribution in [0.5, 0.6) is 0 Å². The molecular weight excluding hydrogens is 283 g/mol. The molecule has 22 heavy (non-hydrogen) atoms. The molecule has 0 spiro atoms. The Kier molecular flexibility index (Phi) is 2.75. The Morgan fingerprint density at radius 3 is 2.86 bits per heavy atom. The minimum absolute atomic E-state index is 0.291. The van der Waals surface area contributed by atoms with E-state index in [-0.39, 0.29) is 5.82 Å². The lowest BCUT2D eigenvalue weighted by molar-refractivity contribution is 0.432. The van der Waals surface area contributed by atoms with Gasteiger partial charge in [-0.3, -0.25) is 0 Å². The minimum Gasteiger partial charge on any atom is -0.334 e. The van der Waals surface area contributed by atoms with E-state index < -0.39 is 0 Å². The topological polar surface area (TPSA) is 56.7 Å². The SMILES string of the molecule is Cn1cnc2ccc(-c3noc(-c4cccc(F)c4)n3)cc21. The molecule has 0 unspecified atom stereocenters. The van der Waals surface area contributed by atoms with Crippen LogP contribution in [0.2, 0.25) is 0 Å². The van der Waals surface area contributed by atoms with Gasteiger partial charge in [0.1, 0.15) is 5.82 Å². The third-order valence-electron chi connectivity index (χ3n) is 3.48. The molecule has 108 valence electrons. The second-order valence-electron chi connectivity index (χ2n) is 4.99. The first-order chi connectivity index (χ1) is 10.7. The van der Waals surface area contributed by atoms with E-state index in [1.165, 1.54) is 12.1 Å². The Morgan fingerprint density at radius 2 is 2.00 bits per heavy atom. The Morgan fingerprint density at radius 1 is 1.09 bits per heavy atom. The van der Waals surface area contributed by atoms with E-state index in [4.69, 9.17) is 4.52 Å². The highest BCUT2D eigenvalue weighted by Gasteiger charge is 2.12. The molecule has 2 heterocycles. The summed E-state index contributed by atoms with van der Waals surface area (Å²) in [7, 11) is 1.92. The van der Waals surface area contributed by atoms with E-state index >= 15 is 0 Å². The van der Waals surface area contributed by atoms with Gasteiger partial charge in [0, 0.05) is 18.2 Å². The molecule has 0 aliphatic heterocycles. The second kappa shape index (κ2) is 4.77. The predicted molar refractivity (Wildman–Crippen MR) is 79.4 cm³/mol. The predicted octanol–water partition coefficient (Wildman–Crippen LogP) is 3.43. The zero-order valence-electron chi connectivity index (χ0n) is 11.7. The summed E-state index contributed by atoms with van der Waals surface area (Å²) in [6, 6.07) is 11.8. The van der Waals surface area contributed by atoms with Gasteiger partial charge < -0.3 is 9.09 Å². The molecule has 0 aliphatic rings. The van der Waals surface area contributed by atoms with Crippen LogP contribution in [-0.4, -0.2) is 19.7 Å². The maximum atomic E-state index is 13.3. The van der Waals surface area contributed by atoms with Crippen LogP contribution in [0, 0.1) is 5.82 Å². The molecule has 0 fully saturated rings. The monoisotopic (exact) mass is 294 g/mol. The smallest absolute Gasteiger partial charge is 0.258 e. The van der Waals surface area contributed by atoms with E-state index in [1.807, 2.05) is 29.8 Å². The van der Waals surface area contributed by atoms with Gasteiger partial charge >= 0.3 is 0 Å². The van der Waals surface area contributed by atoms with Crippen LogP contribution >= 0.6 is 0 Å². The summed E-state index contributed by atoms with van der Waals surface area (Å²) < 4.78 is 20.4. The number of halogens is 1. The molecule has 0 bridgehead atoms.